The van der Waals surface area contributed by atoms with Crippen LogP contribution in [0.2, 0.25) is 5.02 Å². The van der Waals surface area contributed by atoms with Crippen LogP contribution in [0.5, 0.6) is 0 Å². The third kappa shape index (κ3) is 3.73. The topological polar surface area (TPSA) is 50.3 Å². The molecule has 0 spiro atoms. The summed E-state index contributed by atoms with van der Waals surface area (Å²) in [6.07, 6.45) is 2.40. The van der Waals surface area contributed by atoms with Crippen molar-refractivity contribution in [1.82, 2.24) is 15.1 Å². The summed E-state index contributed by atoms with van der Waals surface area (Å²) in [5.41, 5.74) is 1.34. The summed E-state index contributed by atoms with van der Waals surface area (Å²) in [4.78, 5) is 2.62. The molecule has 0 bridgehead atoms. The Labute approximate surface area is 169 Å². The maximum absolute atomic E-state index is 13.2. The molecule has 0 unspecified atom stereocenters. The van der Waals surface area contributed by atoms with E-state index in [0.29, 0.717) is 34.2 Å². The van der Waals surface area contributed by atoms with Gasteiger partial charge in [0.05, 0.1) is 10.7 Å². The molecule has 1 aliphatic carbocycles. The zero-order chi connectivity index (χ0) is 19.1. The number of aromatic nitrogens is 2. The summed E-state index contributed by atoms with van der Waals surface area (Å²) in [5, 5.41) is 12.4. The highest BCUT2D eigenvalue weighted by atomic mass is 35.5. The number of halogens is 2. The fraction of sp³-hybridized carbons (Fsp3) is 0.524. The van der Waals surface area contributed by atoms with Gasteiger partial charge >= 0.3 is 0 Å². The van der Waals surface area contributed by atoms with Gasteiger partial charge in [-0.15, -0.1) is 10.2 Å². The molecule has 3 fully saturated rings. The number of hydrogen-bond donors (Lipinski definition) is 1. The lowest BCUT2D eigenvalue weighted by Crippen LogP contribution is -2.34. The van der Waals surface area contributed by atoms with Crippen LogP contribution >= 0.6 is 11.6 Å². The van der Waals surface area contributed by atoms with Crippen LogP contribution in [0, 0.1) is 23.6 Å². The minimum atomic E-state index is -0.355. The lowest BCUT2D eigenvalue weighted by atomic mass is 10.00. The van der Waals surface area contributed by atoms with Gasteiger partial charge in [-0.2, -0.15) is 0 Å². The van der Waals surface area contributed by atoms with E-state index in [9.17, 15) is 4.39 Å². The SMILES string of the molecule is Fc1ccc(-c2ccc(N[C@H]3[C@@H]4CN(CC5CCOCC5)C[C@@H]43)nn2)c(Cl)c1. The minimum Gasteiger partial charge on any atom is -0.381 e. The lowest BCUT2D eigenvalue weighted by Gasteiger charge is -2.28. The third-order valence-electron chi connectivity index (χ3n) is 6.31. The van der Waals surface area contributed by atoms with E-state index in [-0.39, 0.29) is 5.82 Å². The molecule has 0 amide bonds. The summed E-state index contributed by atoms with van der Waals surface area (Å²) in [7, 11) is 0. The van der Waals surface area contributed by atoms with Crippen molar-refractivity contribution in [2.75, 3.05) is 38.2 Å². The Morgan fingerprint density at radius 3 is 2.57 bits per heavy atom. The molecule has 5 nitrogen and oxygen atoms in total. The highest BCUT2D eigenvalue weighted by Gasteiger charge is 2.55. The van der Waals surface area contributed by atoms with Crippen molar-refractivity contribution >= 4 is 17.4 Å². The number of likely N-dealkylation sites (tertiary alicyclic amines) is 1. The molecule has 28 heavy (non-hydrogen) atoms. The van der Waals surface area contributed by atoms with Gasteiger partial charge in [0, 0.05) is 44.5 Å². The Kier molecular flexibility index (Phi) is 4.95. The fourth-order valence-corrected chi connectivity index (χ4v) is 4.96. The molecule has 3 heterocycles. The molecule has 3 atom stereocenters. The summed E-state index contributed by atoms with van der Waals surface area (Å²) in [6, 6.07) is 8.61. The number of ether oxygens (including phenoxy) is 1. The molecular formula is C21H24ClFN4O. The van der Waals surface area contributed by atoms with Gasteiger partial charge in [0.1, 0.15) is 11.6 Å². The van der Waals surface area contributed by atoms with Crippen LogP contribution in [-0.2, 0) is 4.74 Å². The normalized spacial score (nSPS) is 27.6. The number of fused-ring (bicyclic) bond motifs is 1. The Bertz CT molecular complexity index is 831. The predicted octanol–water partition coefficient (Wildman–Crippen LogP) is 3.70. The van der Waals surface area contributed by atoms with E-state index in [1.807, 2.05) is 12.1 Å². The molecule has 0 radical (unpaired) electrons. The first-order valence-corrected chi connectivity index (χ1v) is 10.4. The van der Waals surface area contributed by atoms with Crippen molar-refractivity contribution in [3.8, 4) is 11.3 Å². The molecule has 148 valence electrons. The quantitative estimate of drug-likeness (QED) is 0.826. The van der Waals surface area contributed by atoms with E-state index in [1.54, 1.807) is 6.07 Å². The van der Waals surface area contributed by atoms with Crippen LogP contribution in [0.25, 0.3) is 11.3 Å². The fourth-order valence-electron chi connectivity index (χ4n) is 4.69. The zero-order valence-electron chi connectivity index (χ0n) is 15.7. The first-order valence-electron chi connectivity index (χ1n) is 10.0. The first-order chi connectivity index (χ1) is 13.7. The molecule has 2 aliphatic heterocycles. The summed E-state index contributed by atoms with van der Waals surface area (Å²) in [5.74, 6) is 2.67. The van der Waals surface area contributed by atoms with Crippen LogP contribution in [0.4, 0.5) is 10.2 Å². The number of anilines is 1. The maximum atomic E-state index is 13.2. The van der Waals surface area contributed by atoms with E-state index in [1.165, 1.54) is 44.6 Å². The van der Waals surface area contributed by atoms with Crippen molar-refractivity contribution in [2.45, 2.75) is 18.9 Å². The average Bonchev–Trinajstić information content (AvgIpc) is 3.14. The average molecular weight is 403 g/mol. The smallest absolute Gasteiger partial charge is 0.148 e. The predicted molar refractivity (Wildman–Crippen MR) is 107 cm³/mol. The van der Waals surface area contributed by atoms with Gasteiger partial charge < -0.3 is 15.0 Å². The van der Waals surface area contributed by atoms with Crippen LogP contribution in [0.3, 0.4) is 0 Å². The number of nitrogens with one attached hydrogen (secondary N) is 1. The van der Waals surface area contributed by atoms with Crippen LogP contribution in [0.15, 0.2) is 30.3 Å². The Balaban J connectivity index is 1.14. The first kappa shape index (κ1) is 18.3. The monoisotopic (exact) mass is 402 g/mol. The third-order valence-corrected chi connectivity index (χ3v) is 6.63. The second-order valence-electron chi connectivity index (χ2n) is 8.20. The Hall–Kier alpha value is -1.76. The van der Waals surface area contributed by atoms with E-state index in [2.05, 4.69) is 20.4 Å². The van der Waals surface area contributed by atoms with E-state index >= 15 is 0 Å². The standard InChI is InChI=1S/C21H24ClFN4O/c22-18-9-14(23)1-2-15(18)19-3-4-20(26-25-19)24-21-16-11-27(12-17(16)21)10-13-5-7-28-8-6-13/h1-4,9,13,16-17,21H,5-8,10-12H2,(H,24,26)/t16-,17+,21+. The van der Waals surface area contributed by atoms with Crippen molar-refractivity contribution in [2.24, 2.45) is 17.8 Å². The summed E-state index contributed by atoms with van der Waals surface area (Å²) < 4.78 is 18.7. The number of rotatable bonds is 5. The lowest BCUT2D eigenvalue weighted by molar-refractivity contribution is 0.0540. The largest absolute Gasteiger partial charge is 0.381 e. The Morgan fingerprint density at radius 1 is 1.11 bits per heavy atom. The molecule has 5 rings (SSSR count). The van der Waals surface area contributed by atoms with Crippen LogP contribution < -0.4 is 5.32 Å². The maximum Gasteiger partial charge on any atom is 0.148 e. The molecule has 1 aromatic carbocycles. The molecule has 3 aliphatic rings. The van der Waals surface area contributed by atoms with Crippen molar-refractivity contribution in [3.05, 3.63) is 41.2 Å². The van der Waals surface area contributed by atoms with Gasteiger partial charge in [-0.05, 0) is 60.9 Å². The number of benzene rings is 1. The molecule has 2 aromatic rings. The molecular weight excluding hydrogens is 379 g/mol. The number of nitrogens with zero attached hydrogens (tertiary/aromatic N) is 3. The van der Waals surface area contributed by atoms with Crippen molar-refractivity contribution in [1.29, 1.82) is 0 Å². The summed E-state index contributed by atoms with van der Waals surface area (Å²) >= 11 is 6.11. The molecule has 1 saturated carbocycles. The van der Waals surface area contributed by atoms with Gasteiger partial charge in [-0.1, -0.05) is 11.6 Å². The van der Waals surface area contributed by atoms with Gasteiger partial charge in [-0.3, -0.25) is 0 Å². The highest BCUT2D eigenvalue weighted by molar-refractivity contribution is 6.33. The zero-order valence-corrected chi connectivity index (χ0v) is 16.4. The van der Waals surface area contributed by atoms with Crippen molar-refractivity contribution in [3.63, 3.8) is 0 Å². The second-order valence-corrected chi connectivity index (χ2v) is 8.61. The molecule has 2 saturated heterocycles. The van der Waals surface area contributed by atoms with Gasteiger partial charge in [0.15, 0.2) is 0 Å². The highest BCUT2D eigenvalue weighted by Crippen LogP contribution is 2.47. The summed E-state index contributed by atoms with van der Waals surface area (Å²) in [6.45, 7) is 5.42. The van der Waals surface area contributed by atoms with E-state index < -0.39 is 0 Å². The van der Waals surface area contributed by atoms with E-state index in [0.717, 1.165) is 24.9 Å². The molecule has 1 aromatic heterocycles. The van der Waals surface area contributed by atoms with Gasteiger partial charge in [0.2, 0.25) is 0 Å². The number of piperidine rings is 1. The van der Waals surface area contributed by atoms with Crippen molar-refractivity contribution < 1.29 is 9.13 Å². The Morgan fingerprint density at radius 2 is 1.89 bits per heavy atom. The minimum absolute atomic E-state index is 0.344. The van der Waals surface area contributed by atoms with Crippen LogP contribution in [-0.4, -0.2) is 54.0 Å². The van der Waals surface area contributed by atoms with Crippen LogP contribution in [0.1, 0.15) is 12.8 Å². The van der Waals surface area contributed by atoms with Gasteiger partial charge in [-0.25, -0.2) is 4.39 Å². The van der Waals surface area contributed by atoms with Gasteiger partial charge in [0.25, 0.3) is 0 Å². The number of hydrogen-bond acceptors (Lipinski definition) is 5. The molecule has 7 heteroatoms. The second kappa shape index (κ2) is 7.58. The van der Waals surface area contributed by atoms with E-state index in [4.69, 9.17) is 16.3 Å². The molecule has 1 N–H and O–H groups in total.